The summed E-state index contributed by atoms with van der Waals surface area (Å²) in [5.74, 6) is -0.330. The van der Waals surface area contributed by atoms with Gasteiger partial charge in [-0.05, 0) is 43.7 Å². The van der Waals surface area contributed by atoms with Crippen molar-refractivity contribution < 1.29 is 9.90 Å². The van der Waals surface area contributed by atoms with Crippen molar-refractivity contribution in [2.45, 2.75) is 19.4 Å². The van der Waals surface area contributed by atoms with Gasteiger partial charge >= 0.3 is 0 Å². The van der Waals surface area contributed by atoms with E-state index < -0.39 is 6.10 Å². The van der Waals surface area contributed by atoms with Gasteiger partial charge in [-0.1, -0.05) is 51.3 Å². The zero-order valence-corrected chi connectivity index (χ0v) is 19.2. The number of amides is 1. The molecule has 9 heteroatoms. The summed E-state index contributed by atoms with van der Waals surface area (Å²) >= 11 is 16.0. The number of carbonyl (C=O) groups is 1. The summed E-state index contributed by atoms with van der Waals surface area (Å²) in [5.41, 5.74) is 6.13. The first kappa shape index (κ1) is 21.3. The van der Waals surface area contributed by atoms with E-state index in [4.69, 9.17) is 23.2 Å². The fourth-order valence-electron chi connectivity index (χ4n) is 3.53. The predicted octanol–water partition coefficient (Wildman–Crippen LogP) is 4.63. The van der Waals surface area contributed by atoms with E-state index in [2.05, 4.69) is 26.5 Å². The lowest BCUT2D eigenvalue weighted by Crippen LogP contribution is -2.41. The summed E-state index contributed by atoms with van der Waals surface area (Å²) in [6.07, 6.45) is 0.188. The molecule has 1 aromatic heterocycles. The smallest absolute Gasteiger partial charge is 0.286 e. The molecule has 1 amide bonds. The van der Waals surface area contributed by atoms with Crippen LogP contribution in [-0.4, -0.2) is 45.0 Å². The van der Waals surface area contributed by atoms with Gasteiger partial charge in [0.25, 0.3) is 5.91 Å². The molecule has 1 aliphatic heterocycles. The van der Waals surface area contributed by atoms with E-state index in [9.17, 15) is 9.90 Å². The van der Waals surface area contributed by atoms with E-state index in [1.165, 1.54) is 0 Å². The number of aromatic nitrogens is 2. The number of nitrogens with zero attached hydrogens (tertiary/aromatic N) is 3. The molecule has 2 aromatic carbocycles. The predicted molar refractivity (Wildman–Crippen MR) is 121 cm³/mol. The van der Waals surface area contributed by atoms with Gasteiger partial charge in [0.05, 0.1) is 22.5 Å². The van der Waals surface area contributed by atoms with Gasteiger partial charge in [0.15, 0.2) is 5.69 Å². The van der Waals surface area contributed by atoms with Crippen LogP contribution in [0.4, 0.5) is 0 Å². The molecule has 4 rings (SSSR count). The largest absolute Gasteiger partial charge is 0.392 e. The molecule has 0 saturated carbocycles. The third-order valence-electron chi connectivity index (χ3n) is 5.02. The summed E-state index contributed by atoms with van der Waals surface area (Å²) in [6, 6.07) is 12.9. The number of hydrogen-bond acceptors (Lipinski definition) is 4. The van der Waals surface area contributed by atoms with Gasteiger partial charge in [-0.15, -0.1) is 0 Å². The van der Waals surface area contributed by atoms with E-state index in [-0.39, 0.29) is 5.91 Å². The Labute approximate surface area is 192 Å². The van der Waals surface area contributed by atoms with Crippen LogP contribution in [0.1, 0.15) is 22.5 Å². The molecule has 1 fully saturated rings. The lowest BCUT2D eigenvalue weighted by Gasteiger charge is -2.15. The van der Waals surface area contributed by atoms with Crippen LogP contribution in [0, 0.1) is 6.92 Å². The molecule has 30 heavy (non-hydrogen) atoms. The summed E-state index contributed by atoms with van der Waals surface area (Å²) in [7, 11) is 0. The Morgan fingerprint density at radius 2 is 1.97 bits per heavy atom. The standard InChI is InChI=1S/C21H19BrCl2N4O2/c1-12-19(21(30)26-27-9-8-16(29)11-27)25-28(18-7-6-15(23)10-17(18)24)20(12)13-2-4-14(22)5-3-13/h2-7,10,16,29H,8-9,11H2,1H3,(H,26,30)/t16-/m0/s1. The number of aliphatic hydroxyl groups excluding tert-OH is 1. The first-order chi connectivity index (χ1) is 14.3. The number of β-amino-alcohol motifs (C(OH)–C–C–N with tert-alkyl or cyclic N) is 1. The maximum atomic E-state index is 13.0. The SMILES string of the molecule is Cc1c(C(=O)NN2CC[C@H](O)C2)nn(-c2ccc(Cl)cc2Cl)c1-c1ccc(Br)cc1. The minimum atomic E-state index is -0.435. The number of carbonyl (C=O) groups excluding carboxylic acids is 1. The molecule has 6 nitrogen and oxygen atoms in total. The van der Waals surface area contributed by atoms with E-state index in [0.717, 1.165) is 21.3 Å². The van der Waals surface area contributed by atoms with Crippen LogP contribution in [0.25, 0.3) is 16.9 Å². The number of hydrazine groups is 1. The van der Waals surface area contributed by atoms with Gasteiger partial charge < -0.3 is 5.11 Å². The fourth-order valence-corrected chi connectivity index (χ4v) is 4.28. The summed E-state index contributed by atoms with van der Waals surface area (Å²) < 4.78 is 2.62. The Bertz CT molecular complexity index is 1100. The number of aliphatic hydroxyl groups is 1. The first-order valence-electron chi connectivity index (χ1n) is 9.38. The molecule has 3 aromatic rings. The molecular formula is C21H19BrCl2N4O2. The number of hydrogen-bond donors (Lipinski definition) is 2. The van der Waals surface area contributed by atoms with Crippen LogP contribution >= 0.6 is 39.1 Å². The van der Waals surface area contributed by atoms with Crippen molar-refractivity contribution in [3.05, 3.63) is 68.2 Å². The van der Waals surface area contributed by atoms with Crippen LogP contribution < -0.4 is 5.43 Å². The van der Waals surface area contributed by atoms with Crippen molar-refractivity contribution in [1.29, 1.82) is 0 Å². The second-order valence-corrected chi connectivity index (χ2v) is 8.93. The van der Waals surface area contributed by atoms with Gasteiger partial charge in [-0.3, -0.25) is 10.2 Å². The van der Waals surface area contributed by atoms with E-state index >= 15 is 0 Å². The van der Waals surface area contributed by atoms with Gasteiger partial charge in [-0.2, -0.15) is 5.10 Å². The Hall–Kier alpha value is -1.90. The van der Waals surface area contributed by atoms with Crippen molar-refractivity contribution in [2.24, 2.45) is 0 Å². The van der Waals surface area contributed by atoms with Crippen molar-refractivity contribution in [1.82, 2.24) is 20.2 Å². The Balaban J connectivity index is 1.80. The molecule has 2 N–H and O–H groups in total. The monoisotopic (exact) mass is 508 g/mol. The zero-order valence-electron chi connectivity index (χ0n) is 16.1. The minimum Gasteiger partial charge on any atom is -0.392 e. The van der Waals surface area contributed by atoms with Crippen LogP contribution in [0.2, 0.25) is 10.0 Å². The van der Waals surface area contributed by atoms with Gasteiger partial charge in [0.2, 0.25) is 0 Å². The molecular weight excluding hydrogens is 491 g/mol. The van der Waals surface area contributed by atoms with Gasteiger partial charge in [-0.25, -0.2) is 9.69 Å². The lowest BCUT2D eigenvalue weighted by molar-refractivity contribution is 0.0794. The zero-order chi connectivity index (χ0) is 21.4. The Morgan fingerprint density at radius 1 is 1.23 bits per heavy atom. The molecule has 2 heterocycles. The highest BCUT2D eigenvalue weighted by molar-refractivity contribution is 9.10. The molecule has 0 spiro atoms. The Morgan fingerprint density at radius 3 is 2.60 bits per heavy atom. The quantitative estimate of drug-likeness (QED) is 0.538. The third-order valence-corrected chi connectivity index (χ3v) is 6.08. The van der Waals surface area contributed by atoms with Crippen LogP contribution in [0.15, 0.2) is 46.9 Å². The summed E-state index contributed by atoms with van der Waals surface area (Å²) in [4.78, 5) is 13.0. The molecule has 0 radical (unpaired) electrons. The van der Waals surface area contributed by atoms with Crippen LogP contribution in [-0.2, 0) is 0 Å². The highest BCUT2D eigenvalue weighted by atomic mass is 79.9. The number of rotatable bonds is 4. The average molecular weight is 510 g/mol. The van der Waals surface area contributed by atoms with Crippen molar-refractivity contribution >= 4 is 45.0 Å². The maximum Gasteiger partial charge on any atom is 0.286 e. The fraction of sp³-hybridized carbons (Fsp3) is 0.238. The number of nitrogens with one attached hydrogen (secondary N) is 1. The van der Waals surface area contributed by atoms with Crippen LogP contribution in [0.3, 0.4) is 0 Å². The second kappa shape index (κ2) is 8.69. The molecule has 0 unspecified atom stereocenters. The molecule has 156 valence electrons. The number of halogens is 3. The summed E-state index contributed by atoms with van der Waals surface area (Å²) in [6.45, 7) is 2.85. The average Bonchev–Trinajstić information content (AvgIpc) is 3.25. The maximum absolute atomic E-state index is 13.0. The molecule has 0 bridgehead atoms. The minimum absolute atomic E-state index is 0.292. The van der Waals surface area contributed by atoms with Crippen LogP contribution in [0.5, 0.6) is 0 Å². The molecule has 1 aliphatic rings. The highest BCUT2D eigenvalue weighted by Crippen LogP contribution is 2.33. The van der Waals surface area contributed by atoms with E-state index in [1.807, 2.05) is 31.2 Å². The third kappa shape index (κ3) is 4.26. The van der Waals surface area contributed by atoms with Gasteiger partial charge in [0.1, 0.15) is 0 Å². The second-order valence-electron chi connectivity index (χ2n) is 7.17. The van der Waals surface area contributed by atoms with Crippen molar-refractivity contribution in [3.8, 4) is 16.9 Å². The van der Waals surface area contributed by atoms with Crippen molar-refractivity contribution in [2.75, 3.05) is 13.1 Å². The Kier molecular flexibility index (Phi) is 6.18. The van der Waals surface area contributed by atoms with Gasteiger partial charge in [0, 0.05) is 33.7 Å². The topological polar surface area (TPSA) is 70.4 Å². The molecule has 1 saturated heterocycles. The lowest BCUT2D eigenvalue weighted by atomic mass is 10.1. The number of benzene rings is 2. The molecule has 1 atom stereocenters. The molecule has 0 aliphatic carbocycles. The van der Waals surface area contributed by atoms with E-state index in [1.54, 1.807) is 27.9 Å². The van der Waals surface area contributed by atoms with E-state index in [0.29, 0.717) is 40.9 Å². The normalized spacial score (nSPS) is 16.8. The summed E-state index contributed by atoms with van der Waals surface area (Å²) in [5, 5.41) is 17.0. The van der Waals surface area contributed by atoms with Crippen molar-refractivity contribution in [3.63, 3.8) is 0 Å². The first-order valence-corrected chi connectivity index (χ1v) is 10.9. The highest BCUT2D eigenvalue weighted by Gasteiger charge is 2.27.